The average molecular weight is 306 g/mol. The molecule has 1 amide bonds. The molecule has 0 bridgehead atoms. The van der Waals surface area contributed by atoms with Crippen LogP contribution in [0.15, 0.2) is 17.5 Å². The Morgan fingerprint density at radius 2 is 2.30 bits per heavy atom. The summed E-state index contributed by atoms with van der Waals surface area (Å²) in [7, 11) is 0. The van der Waals surface area contributed by atoms with E-state index in [1.54, 1.807) is 22.7 Å². The molecule has 4 rings (SSSR count). The first-order chi connectivity index (χ1) is 9.74. The topological polar surface area (TPSA) is 41.1 Å². The van der Waals surface area contributed by atoms with Gasteiger partial charge in [-0.2, -0.15) is 0 Å². The second kappa shape index (κ2) is 4.83. The molecule has 3 nitrogen and oxygen atoms in total. The first-order valence-corrected chi connectivity index (χ1v) is 8.97. The highest BCUT2D eigenvalue weighted by atomic mass is 32.1. The smallest absolute Gasteiger partial charge is 0.261 e. The highest BCUT2D eigenvalue weighted by Crippen LogP contribution is 2.38. The number of hydrogen-bond acceptors (Lipinski definition) is 4. The molecule has 5 heteroatoms. The first-order valence-electron chi connectivity index (χ1n) is 7.27. The van der Waals surface area contributed by atoms with E-state index in [0.717, 1.165) is 24.3 Å². The lowest BCUT2D eigenvalue weighted by atomic mass is 9.70. The van der Waals surface area contributed by atoms with Gasteiger partial charge in [-0.25, -0.2) is 0 Å². The fourth-order valence-electron chi connectivity index (χ4n) is 3.40. The highest BCUT2D eigenvalue weighted by molar-refractivity contribution is 7.27. The standard InChI is InChI=1S/C15H18N2OS2/c18-14(13-8-12-11(20-13)3-7-19-12)17-10-2-6-16-15(9-10)4-1-5-15/h3,7-8,10,16H,1-2,4-6,9H2,(H,17,18). The normalized spacial score (nSPS) is 24.7. The van der Waals surface area contributed by atoms with Crippen molar-refractivity contribution in [3.63, 3.8) is 0 Å². The van der Waals surface area contributed by atoms with Crippen molar-refractivity contribution < 1.29 is 4.79 Å². The third-order valence-electron chi connectivity index (χ3n) is 4.64. The van der Waals surface area contributed by atoms with Gasteiger partial charge >= 0.3 is 0 Å². The van der Waals surface area contributed by atoms with Crippen molar-refractivity contribution >= 4 is 38.0 Å². The Labute approximate surface area is 126 Å². The van der Waals surface area contributed by atoms with Gasteiger partial charge in [0.25, 0.3) is 5.91 Å². The molecule has 2 aromatic heterocycles. The van der Waals surface area contributed by atoms with Crippen LogP contribution >= 0.6 is 22.7 Å². The summed E-state index contributed by atoms with van der Waals surface area (Å²) in [6, 6.07) is 4.46. The summed E-state index contributed by atoms with van der Waals surface area (Å²) in [6.07, 6.45) is 6.02. The fraction of sp³-hybridized carbons (Fsp3) is 0.533. The second-order valence-corrected chi connectivity index (χ2v) is 8.02. The zero-order valence-corrected chi connectivity index (χ0v) is 12.9. The van der Waals surface area contributed by atoms with Crippen LogP contribution in [0.2, 0.25) is 0 Å². The fourth-order valence-corrected chi connectivity index (χ4v) is 5.41. The molecule has 1 saturated carbocycles. The van der Waals surface area contributed by atoms with Gasteiger partial charge in [0.2, 0.25) is 0 Å². The van der Waals surface area contributed by atoms with E-state index in [-0.39, 0.29) is 5.91 Å². The minimum absolute atomic E-state index is 0.111. The lowest BCUT2D eigenvalue weighted by Gasteiger charge is -2.48. The molecule has 1 spiro atoms. The highest BCUT2D eigenvalue weighted by Gasteiger charge is 2.41. The summed E-state index contributed by atoms with van der Waals surface area (Å²) in [4.78, 5) is 13.2. The van der Waals surface area contributed by atoms with Crippen LogP contribution in [0.1, 0.15) is 41.8 Å². The third kappa shape index (κ3) is 2.18. The summed E-state index contributed by atoms with van der Waals surface area (Å²) in [6.45, 7) is 1.03. The van der Waals surface area contributed by atoms with Gasteiger partial charge in [0.1, 0.15) is 0 Å². The van der Waals surface area contributed by atoms with Crippen molar-refractivity contribution in [2.24, 2.45) is 0 Å². The van der Waals surface area contributed by atoms with Crippen molar-refractivity contribution in [3.8, 4) is 0 Å². The van der Waals surface area contributed by atoms with Gasteiger partial charge in [0.05, 0.1) is 4.88 Å². The Kier molecular flexibility index (Phi) is 3.09. The molecule has 2 aliphatic rings. The molecule has 1 atom stereocenters. The van der Waals surface area contributed by atoms with E-state index in [2.05, 4.69) is 22.1 Å². The molecule has 1 saturated heterocycles. The quantitative estimate of drug-likeness (QED) is 0.893. The van der Waals surface area contributed by atoms with Crippen molar-refractivity contribution in [1.29, 1.82) is 0 Å². The second-order valence-electron chi connectivity index (χ2n) is 5.98. The molecule has 1 unspecified atom stereocenters. The molecule has 2 N–H and O–H groups in total. The Morgan fingerprint density at radius 1 is 1.40 bits per heavy atom. The summed E-state index contributed by atoms with van der Waals surface area (Å²) in [5.74, 6) is 0.111. The van der Waals surface area contributed by atoms with E-state index >= 15 is 0 Å². The Balaban J connectivity index is 1.45. The maximum Gasteiger partial charge on any atom is 0.261 e. The number of carbonyl (C=O) groups is 1. The minimum Gasteiger partial charge on any atom is -0.348 e. The van der Waals surface area contributed by atoms with E-state index in [9.17, 15) is 4.79 Å². The monoisotopic (exact) mass is 306 g/mol. The number of fused-ring (bicyclic) bond motifs is 1. The summed E-state index contributed by atoms with van der Waals surface area (Å²) < 4.78 is 2.45. The van der Waals surface area contributed by atoms with Crippen LogP contribution in [0.3, 0.4) is 0 Å². The number of thiophene rings is 2. The molecule has 20 heavy (non-hydrogen) atoms. The largest absolute Gasteiger partial charge is 0.348 e. The van der Waals surface area contributed by atoms with Crippen molar-refractivity contribution in [1.82, 2.24) is 10.6 Å². The van der Waals surface area contributed by atoms with Gasteiger partial charge in [-0.1, -0.05) is 0 Å². The molecule has 2 aromatic rings. The summed E-state index contributed by atoms with van der Waals surface area (Å²) >= 11 is 3.31. The molecule has 0 aromatic carbocycles. The number of amides is 1. The Hall–Kier alpha value is -0.910. The number of piperidine rings is 1. The molecule has 1 aliphatic carbocycles. The van der Waals surface area contributed by atoms with E-state index in [0.29, 0.717) is 11.6 Å². The molecule has 3 heterocycles. The maximum atomic E-state index is 12.4. The zero-order valence-electron chi connectivity index (χ0n) is 11.3. The van der Waals surface area contributed by atoms with Crippen LogP contribution < -0.4 is 10.6 Å². The van der Waals surface area contributed by atoms with Crippen LogP contribution in [0.4, 0.5) is 0 Å². The SMILES string of the molecule is O=C(NC1CCNC2(CCC2)C1)c1cc2sccc2s1. The van der Waals surface area contributed by atoms with Gasteiger partial charge in [-0.05, 0) is 56.2 Å². The average Bonchev–Trinajstić information content (AvgIpc) is 2.97. The molecule has 1 aliphatic heterocycles. The Bertz CT molecular complexity index is 613. The van der Waals surface area contributed by atoms with Gasteiger partial charge < -0.3 is 10.6 Å². The molecule has 2 fully saturated rings. The van der Waals surface area contributed by atoms with Gasteiger partial charge in [0.15, 0.2) is 0 Å². The van der Waals surface area contributed by atoms with E-state index < -0.39 is 0 Å². The molecular weight excluding hydrogens is 288 g/mol. The van der Waals surface area contributed by atoms with Gasteiger partial charge in [0, 0.05) is 21.0 Å². The number of rotatable bonds is 2. The van der Waals surface area contributed by atoms with E-state index in [4.69, 9.17) is 0 Å². The summed E-state index contributed by atoms with van der Waals surface area (Å²) in [5.41, 5.74) is 0.339. The van der Waals surface area contributed by atoms with Gasteiger partial charge in [-0.15, -0.1) is 22.7 Å². The van der Waals surface area contributed by atoms with Crippen LogP contribution in [-0.2, 0) is 0 Å². The van der Waals surface area contributed by atoms with Crippen molar-refractivity contribution in [2.75, 3.05) is 6.54 Å². The zero-order chi connectivity index (χ0) is 13.6. The van der Waals surface area contributed by atoms with Crippen LogP contribution in [0, 0.1) is 0 Å². The maximum absolute atomic E-state index is 12.4. The lowest BCUT2D eigenvalue weighted by Crippen LogP contribution is -2.59. The number of hydrogen-bond donors (Lipinski definition) is 2. The van der Waals surface area contributed by atoms with Crippen LogP contribution in [0.5, 0.6) is 0 Å². The Morgan fingerprint density at radius 3 is 3.05 bits per heavy atom. The van der Waals surface area contributed by atoms with E-state index in [1.807, 2.05) is 6.07 Å². The predicted octanol–water partition coefficient (Wildman–Crippen LogP) is 3.37. The molecule has 0 radical (unpaired) electrons. The summed E-state index contributed by atoms with van der Waals surface area (Å²) in [5, 5.41) is 8.97. The van der Waals surface area contributed by atoms with E-state index in [1.165, 1.54) is 28.7 Å². The lowest BCUT2D eigenvalue weighted by molar-refractivity contribution is 0.0857. The first kappa shape index (κ1) is 12.8. The van der Waals surface area contributed by atoms with Crippen molar-refractivity contribution in [3.05, 3.63) is 22.4 Å². The molecule has 106 valence electrons. The molecular formula is C15H18N2OS2. The van der Waals surface area contributed by atoms with Crippen LogP contribution in [-0.4, -0.2) is 24.0 Å². The van der Waals surface area contributed by atoms with Gasteiger partial charge in [-0.3, -0.25) is 4.79 Å². The minimum atomic E-state index is 0.111. The predicted molar refractivity (Wildman–Crippen MR) is 84.8 cm³/mol. The van der Waals surface area contributed by atoms with Crippen molar-refractivity contribution in [2.45, 2.75) is 43.7 Å². The number of carbonyl (C=O) groups excluding carboxylic acids is 1. The number of nitrogens with one attached hydrogen (secondary N) is 2. The van der Waals surface area contributed by atoms with Crippen LogP contribution in [0.25, 0.3) is 9.40 Å². The third-order valence-corrected chi connectivity index (χ3v) is 6.73.